The first kappa shape index (κ1) is 29.3. The third-order valence-corrected chi connectivity index (χ3v) is 6.09. The number of alkyl halides is 3. The van der Waals surface area contributed by atoms with Gasteiger partial charge in [0.15, 0.2) is 0 Å². The van der Waals surface area contributed by atoms with Crippen LogP contribution in [0.2, 0.25) is 5.15 Å². The van der Waals surface area contributed by atoms with Gasteiger partial charge in [-0.3, -0.25) is 4.79 Å². The van der Waals surface area contributed by atoms with Crippen molar-refractivity contribution in [1.29, 1.82) is 0 Å². The molecule has 8 nitrogen and oxygen atoms in total. The standard InChI is InChI=1S/C24H28ClF5N6O2/c1-4-5-6-8-18(37)35(3)9-7-10-38-15-11-16(26)19(17(27)12-15)20-21(25)34-23-31-13-32-36(23)22(20)33-14(2)24(28,29)30/h11-14,33H,4-10H2,1-3H3/t14-/m0/s1. The molecule has 1 atom stereocenters. The summed E-state index contributed by atoms with van der Waals surface area (Å²) in [4.78, 5) is 21.3. The Hall–Kier alpha value is -3.22. The third kappa shape index (κ3) is 7.00. The van der Waals surface area contributed by atoms with Crippen LogP contribution < -0.4 is 10.1 Å². The highest BCUT2D eigenvalue weighted by Gasteiger charge is 2.37. The fraction of sp³-hybridized carbons (Fsp3) is 0.500. The maximum atomic E-state index is 15.2. The number of carbonyl (C=O) groups is 1. The maximum absolute atomic E-state index is 15.2. The number of fused-ring (bicyclic) bond motifs is 1. The molecule has 0 unspecified atom stereocenters. The molecule has 0 fully saturated rings. The summed E-state index contributed by atoms with van der Waals surface area (Å²) in [7, 11) is 1.68. The number of anilines is 1. The van der Waals surface area contributed by atoms with Crippen LogP contribution in [0, 0.1) is 11.6 Å². The molecule has 0 aliphatic rings. The molecule has 1 aromatic carbocycles. The zero-order chi connectivity index (χ0) is 28.0. The van der Waals surface area contributed by atoms with Crippen molar-refractivity contribution < 1.29 is 31.5 Å². The Labute approximate surface area is 221 Å². The van der Waals surface area contributed by atoms with E-state index in [4.69, 9.17) is 16.3 Å². The van der Waals surface area contributed by atoms with Gasteiger partial charge in [-0.15, -0.1) is 0 Å². The van der Waals surface area contributed by atoms with E-state index in [1.165, 1.54) is 0 Å². The van der Waals surface area contributed by atoms with Crippen LogP contribution >= 0.6 is 11.6 Å². The van der Waals surface area contributed by atoms with E-state index in [1.807, 2.05) is 0 Å². The normalized spacial score (nSPS) is 12.6. The van der Waals surface area contributed by atoms with E-state index in [-0.39, 0.29) is 24.0 Å². The SMILES string of the molecule is CCCCCC(=O)N(C)CCCOc1cc(F)c(-c2c(Cl)nc3ncnn3c2N[C@@H](C)C(F)(F)F)c(F)c1. The van der Waals surface area contributed by atoms with Crippen LogP contribution in [0.4, 0.5) is 27.8 Å². The van der Waals surface area contributed by atoms with Crippen LogP contribution in [0.15, 0.2) is 18.5 Å². The second-order valence-electron chi connectivity index (χ2n) is 8.74. The average molecular weight is 563 g/mol. The smallest absolute Gasteiger partial charge is 0.408 e. The van der Waals surface area contributed by atoms with Crippen LogP contribution in [0.25, 0.3) is 16.9 Å². The van der Waals surface area contributed by atoms with Gasteiger partial charge in [-0.2, -0.15) is 32.8 Å². The summed E-state index contributed by atoms with van der Waals surface area (Å²) in [5.74, 6) is -2.97. The van der Waals surface area contributed by atoms with Gasteiger partial charge >= 0.3 is 6.18 Å². The molecule has 208 valence electrons. The van der Waals surface area contributed by atoms with Crippen molar-refractivity contribution in [3.8, 4) is 16.9 Å². The molecule has 0 spiro atoms. The van der Waals surface area contributed by atoms with Crippen LogP contribution in [-0.2, 0) is 4.79 Å². The average Bonchev–Trinajstić information content (AvgIpc) is 3.30. The topological polar surface area (TPSA) is 84.7 Å². The fourth-order valence-corrected chi connectivity index (χ4v) is 3.92. The first-order valence-electron chi connectivity index (χ1n) is 12.0. The lowest BCUT2D eigenvalue weighted by atomic mass is 10.1. The molecule has 0 saturated carbocycles. The number of nitrogens with zero attached hydrogens (tertiary/aromatic N) is 5. The van der Waals surface area contributed by atoms with Gasteiger partial charge < -0.3 is 15.0 Å². The number of hydrogen-bond acceptors (Lipinski definition) is 6. The highest BCUT2D eigenvalue weighted by molar-refractivity contribution is 6.33. The first-order chi connectivity index (χ1) is 17.9. The van der Waals surface area contributed by atoms with Gasteiger partial charge in [0.2, 0.25) is 5.91 Å². The Morgan fingerprint density at radius 2 is 1.87 bits per heavy atom. The van der Waals surface area contributed by atoms with E-state index < -0.39 is 46.0 Å². The number of carbonyl (C=O) groups excluding carboxylic acids is 1. The number of halogens is 6. The quantitative estimate of drug-likeness (QED) is 0.168. The molecule has 14 heteroatoms. The minimum atomic E-state index is -4.68. The van der Waals surface area contributed by atoms with E-state index in [0.717, 1.165) is 49.2 Å². The molecule has 3 aromatic rings. The van der Waals surface area contributed by atoms with Gasteiger partial charge in [-0.25, -0.2) is 8.78 Å². The zero-order valence-corrected chi connectivity index (χ0v) is 21.8. The Balaban J connectivity index is 1.80. The maximum Gasteiger partial charge on any atom is 0.408 e. The van der Waals surface area contributed by atoms with Crippen LogP contribution in [0.5, 0.6) is 5.75 Å². The number of ether oxygens (including phenoxy) is 1. The number of aromatic nitrogens is 4. The summed E-state index contributed by atoms with van der Waals surface area (Å²) in [6.07, 6.45) is 0.0236. The van der Waals surface area contributed by atoms with Gasteiger partial charge in [-0.05, 0) is 19.8 Å². The zero-order valence-electron chi connectivity index (χ0n) is 21.1. The minimum absolute atomic E-state index is 0.0129. The lowest BCUT2D eigenvalue weighted by molar-refractivity contribution is -0.138. The molecular weight excluding hydrogens is 535 g/mol. The molecule has 0 aliphatic heterocycles. The van der Waals surface area contributed by atoms with Crippen molar-refractivity contribution in [3.63, 3.8) is 0 Å². The van der Waals surface area contributed by atoms with Crippen molar-refractivity contribution in [3.05, 3.63) is 35.2 Å². The molecule has 1 N–H and O–H groups in total. The number of nitrogens with one attached hydrogen (secondary N) is 1. The summed E-state index contributed by atoms with van der Waals surface area (Å²) in [5, 5.41) is 5.52. The summed E-state index contributed by atoms with van der Waals surface area (Å²) >= 11 is 6.17. The summed E-state index contributed by atoms with van der Waals surface area (Å²) in [6, 6.07) is -0.314. The number of hydrogen-bond donors (Lipinski definition) is 1. The second-order valence-corrected chi connectivity index (χ2v) is 9.10. The van der Waals surface area contributed by atoms with E-state index in [1.54, 1.807) is 11.9 Å². The van der Waals surface area contributed by atoms with E-state index in [2.05, 4.69) is 27.3 Å². The predicted molar refractivity (Wildman–Crippen MR) is 132 cm³/mol. The second kappa shape index (κ2) is 12.5. The van der Waals surface area contributed by atoms with E-state index in [0.29, 0.717) is 19.4 Å². The molecule has 0 radical (unpaired) electrons. The highest BCUT2D eigenvalue weighted by Crippen LogP contribution is 2.39. The monoisotopic (exact) mass is 562 g/mol. The third-order valence-electron chi connectivity index (χ3n) is 5.82. The molecule has 38 heavy (non-hydrogen) atoms. The molecule has 0 saturated heterocycles. The highest BCUT2D eigenvalue weighted by atomic mass is 35.5. The van der Waals surface area contributed by atoms with Crippen LogP contribution in [0.1, 0.15) is 46.0 Å². The number of benzene rings is 1. The Morgan fingerprint density at radius 1 is 1.18 bits per heavy atom. The van der Waals surface area contributed by atoms with Gasteiger partial charge in [-0.1, -0.05) is 31.4 Å². The van der Waals surface area contributed by atoms with Gasteiger partial charge in [0, 0.05) is 32.1 Å². The summed E-state index contributed by atoms with van der Waals surface area (Å²) in [6.45, 7) is 3.36. The lowest BCUT2D eigenvalue weighted by Crippen LogP contribution is -2.34. The molecule has 3 rings (SSSR count). The van der Waals surface area contributed by atoms with Gasteiger partial charge in [0.1, 0.15) is 40.7 Å². The minimum Gasteiger partial charge on any atom is -0.493 e. The molecule has 0 aliphatic carbocycles. The Kier molecular flexibility index (Phi) is 9.69. The fourth-order valence-electron chi connectivity index (χ4n) is 3.66. The molecule has 2 heterocycles. The molecule has 1 amide bonds. The largest absolute Gasteiger partial charge is 0.493 e. The van der Waals surface area contributed by atoms with E-state index in [9.17, 15) is 18.0 Å². The van der Waals surface area contributed by atoms with Crippen LogP contribution in [0.3, 0.4) is 0 Å². The molecular formula is C24H28ClF5N6O2. The van der Waals surface area contributed by atoms with Crippen LogP contribution in [-0.4, -0.2) is 62.8 Å². The summed E-state index contributed by atoms with van der Waals surface area (Å²) in [5.41, 5.74) is -1.16. The molecule has 2 aromatic heterocycles. The lowest BCUT2D eigenvalue weighted by Gasteiger charge is -2.22. The van der Waals surface area contributed by atoms with Crippen molar-refractivity contribution >= 4 is 29.1 Å². The Bertz CT molecular complexity index is 1250. The predicted octanol–water partition coefficient (Wildman–Crippen LogP) is 5.89. The Morgan fingerprint density at radius 3 is 2.50 bits per heavy atom. The van der Waals surface area contributed by atoms with Crippen molar-refractivity contribution in [2.24, 2.45) is 0 Å². The van der Waals surface area contributed by atoms with Gasteiger partial charge in [0.05, 0.1) is 17.7 Å². The number of rotatable bonds is 12. The molecule has 0 bridgehead atoms. The van der Waals surface area contributed by atoms with E-state index >= 15 is 8.78 Å². The van der Waals surface area contributed by atoms with Crippen molar-refractivity contribution in [2.45, 2.75) is 58.2 Å². The number of amides is 1. The van der Waals surface area contributed by atoms with Crippen molar-refractivity contribution in [1.82, 2.24) is 24.5 Å². The number of unbranched alkanes of at least 4 members (excludes halogenated alkanes) is 2. The first-order valence-corrected chi connectivity index (χ1v) is 12.4. The summed E-state index contributed by atoms with van der Waals surface area (Å²) < 4.78 is 76.5. The van der Waals surface area contributed by atoms with Gasteiger partial charge in [0.25, 0.3) is 5.78 Å². The van der Waals surface area contributed by atoms with Crippen molar-refractivity contribution in [2.75, 3.05) is 25.5 Å².